The Balaban J connectivity index is 1.72. The zero-order valence-corrected chi connectivity index (χ0v) is 13.0. The first-order valence-electron chi connectivity index (χ1n) is 7.31. The van der Waals surface area contributed by atoms with Crippen LogP contribution in [0.15, 0.2) is 48.5 Å². The number of rotatable bonds is 7. The summed E-state index contributed by atoms with van der Waals surface area (Å²) in [5.41, 5.74) is 2.67. The SMILES string of the molecule is COC(=O)c1cccc(NCCCOc2ccc(C)cc2)c1. The van der Waals surface area contributed by atoms with E-state index in [-0.39, 0.29) is 5.97 Å². The molecular formula is C18H21NO3. The predicted octanol–water partition coefficient (Wildman–Crippen LogP) is 3.66. The number of hydrogen-bond donors (Lipinski definition) is 1. The highest BCUT2D eigenvalue weighted by atomic mass is 16.5. The molecule has 1 N–H and O–H groups in total. The van der Waals surface area contributed by atoms with Crippen LogP contribution in [0.3, 0.4) is 0 Å². The van der Waals surface area contributed by atoms with Gasteiger partial charge in [0.2, 0.25) is 0 Å². The molecule has 22 heavy (non-hydrogen) atoms. The number of nitrogens with one attached hydrogen (secondary N) is 1. The summed E-state index contributed by atoms with van der Waals surface area (Å²) in [6.07, 6.45) is 0.871. The molecule has 0 atom stereocenters. The van der Waals surface area contributed by atoms with E-state index in [1.807, 2.05) is 36.4 Å². The monoisotopic (exact) mass is 299 g/mol. The van der Waals surface area contributed by atoms with Crippen LogP contribution < -0.4 is 10.1 Å². The van der Waals surface area contributed by atoms with Crippen molar-refractivity contribution in [2.45, 2.75) is 13.3 Å². The lowest BCUT2D eigenvalue weighted by Crippen LogP contribution is -2.08. The summed E-state index contributed by atoms with van der Waals surface area (Å²) >= 11 is 0. The number of aryl methyl sites for hydroxylation is 1. The van der Waals surface area contributed by atoms with Crippen molar-refractivity contribution in [3.8, 4) is 5.75 Å². The van der Waals surface area contributed by atoms with Gasteiger partial charge in [-0.2, -0.15) is 0 Å². The summed E-state index contributed by atoms with van der Waals surface area (Å²) < 4.78 is 10.4. The van der Waals surface area contributed by atoms with E-state index in [1.165, 1.54) is 12.7 Å². The van der Waals surface area contributed by atoms with E-state index in [4.69, 9.17) is 9.47 Å². The average molecular weight is 299 g/mol. The third kappa shape index (κ3) is 4.81. The maximum atomic E-state index is 11.5. The second-order valence-electron chi connectivity index (χ2n) is 5.01. The van der Waals surface area contributed by atoms with E-state index in [9.17, 15) is 4.79 Å². The molecule has 0 spiro atoms. The van der Waals surface area contributed by atoms with Crippen molar-refractivity contribution in [3.63, 3.8) is 0 Å². The Morgan fingerprint density at radius 3 is 2.64 bits per heavy atom. The summed E-state index contributed by atoms with van der Waals surface area (Å²) in [4.78, 5) is 11.5. The van der Waals surface area contributed by atoms with Gasteiger partial charge in [-0.15, -0.1) is 0 Å². The van der Waals surface area contributed by atoms with E-state index >= 15 is 0 Å². The van der Waals surface area contributed by atoms with Gasteiger partial charge in [-0.3, -0.25) is 0 Å². The second-order valence-corrected chi connectivity index (χ2v) is 5.01. The van der Waals surface area contributed by atoms with Crippen LogP contribution in [-0.4, -0.2) is 26.2 Å². The fourth-order valence-corrected chi connectivity index (χ4v) is 2.00. The first kappa shape index (κ1) is 15.9. The van der Waals surface area contributed by atoms with E-state index < -0.39 is 0 Å². The average Bonchev–Trinajstić information content (AvgIpc) is 2.56. The quantitative estimate of drug-likeness (QED) is 0.626. The molecule has 0 heterocycles. The lowest BCUT2D eigenvalue weighted by molar-refractivity contribution is 0.0601. The largest absolute Gasteiger partial charge is 0.494 e. The molecule has 0 aliphatic carbocycles. The Morgan fingerprint density at radius 1 is 1.14 bits per heavy atom. The Bertz CT molecular complexity index is 608. The topological polar surface area (TPSA) is 47.6 Å². The van der Waals surface area contributed by atoms with Crippen LogP contribution in [0.25, 0.3) is 0 Å². The van der Waals surface area contributed by atoms with E-state index in [0.29, 0.717) is 12.2 Å². The Hall–Kier alpha value is -2.49. The maximum Gasteiger partial charge on any atom is 0.337 e. The van der Waals surface area contributed by atoms with Gasteiger partial charge in [-0.05, 0) is 43.7 Å². The van der Waals surface area contributed by atoms with Crippen molar-refractivity contribution in [1.29, 1.82) is 0 Å². The second kappa shape index (κ2) is 8.08. The molecule has 0 unspecified atom stereocenters. The van der Waals surface area contributed by atoms with Crippen molar-refractivity contribution in [1.82, 2.24) is 0 Å². The normalized spacial score (nSPS) is 10.1. The first-order chi connectivity index (χ1) is 10.7. The summed E-state index contributed by atoms with van der Waals surface area (Å²) in [5, 5.41) is 3.27. The van der Waals surface area contributed by atoms with E-state index in [2.05, 4.69) is 12.2 Å². The molecule has 116 valence electrons. The van der Waals surface area contributed by atoms with Crippen molar-refractivity contribution in [2.75, 3.05) is 25.6 Å². The molecule has 0 amide bonds. The van der Waals surface area contributed by atoms with E-state index in [1.54, 1.807) is 12.1 Å². The highest BCUT2D eigenvalue weighted by molar-refractivity contribution is 5.90. The Kier molecular flexibility index (Phi) is 5.83. The molecule has 0 aliphatic heterocycles. The van der Waals surface area contributed by atoms with Gasteiger partial charge >= 0.3 is 5.97 Å². The lowest BCUT2D eigenvalue weighted by atomic mass is 10.2. The number of methoxy groups -OCH3 is 1. The summed E-state index contributed by atoms with van der Waals surface area (Å²) in [7, 11) is 1.38. The number of ether oxygens (including phenoxy) is 2. The summed E-state index contributed by atoms with van der Waals surface area (Å²) in [6.45, 7) is 3.47. The number of esters is 1. The van der Waals surface area contributed by atoms with Crippen LogP contribution in [0.5, 0.6) is 5.75 Å². The number of hydrogen-bond acceptors (Lipinski definition) is 4. The number of carbonyl (C=O) groups excluding carboxylic acids is 1. The van der Waals surface area contributed by atoms with Gasteiger partial charge in [0, 0.05) is 12.2 Å². The van der Waals surface area contributed by atoms with Gasteiger partial charge in [0.05, 0.1) is 19.3 Å². The lowest BCUT2D eigenvalue weighted by Gasteiger charge is -2.09. The van der Waals surface area contributed by atoms with Crippen molar-refractivity contribution in [3.05, 3.63) is 59.7 Å². The molecule has 2 aromatic carbocycles. The molecule has 2 aromatic rings. The zero-order chi connectivity index (χ0) is 15.8. The van der Waals surface area contributed by atoms with Gasteiger partial charge in [0.15, 0.2) is 0 Å². The zero-order valence-electron chi connectivity index (χ0n) is 13.0. The molecule has 0 aliphatic rings. The minimum atomic E-state index is -0.327. The molecule has 0 fully saturated rings. The van der Waals surface area contributed by atoms with Crippen LogP contribution in [0.1, 0.15) is 22.3 Å². The molecule has 0 radical (unpaired) electrons. The first-order valence-corrected chi connectivity index (χ1v) is 7.31. The Morgan fingerprint density at radius 2 is 1.91 bits per heavy atom. The third-order valence-corrected chi connectivity index (χ3v) is 3.22. The molecule has 0 saturated carbocycles. The van der Waals surface area contributed by atoms with E-state index in [0.717, 1.165) is 24.4 Å². The predicted molar refractivity (Wildman–Crippen MR) is 87.6 cm³/mol. The molecular weight excluding hydrogens is 278 g/mol. The Labute approximate surface area is 131 Å². The van der Waals surface area contributed by atoms with Crippen molar-refractivity contribution >= 4 is 11.7 Å². The maximum absolute atomic E-state index is 11.5. The van der Waals surface area contributed by atoms with Crippen LogP contribution in [0.4, 0.5) is 5.69 Å². The number of anilines is 1. The minimum Gasteiger partial charge on any atom is -0.494 e. The third-order valence-electron chi connectivity index (χ3n) is 3.22. The number of benzene rings is 2. The van der Waals surface area contributed by atoms with Crippen LogP contribution in [0.2, 0.25) is 0 Å². The molecule has 0 bridgehead atoms. The molecule has 4 nitrogen and oxygen atoms in total. The highest BCUT2D eigenvalue weighted by Crippen LogP contribution is 2.13. The molecule has 0 aromatic heterocycles. The van der Waals surface area contributed by atoms with Crippen molar-refractivity contribution in [2.24, 2.45) is 0 Å². The molecule has 0 saturated heterocycles. The van der Waals surface area contributed by atoms with Crippen LogP contribution in [0, 0.1) is 6.92 Å². The van der Waals surface area contributed by atoms with Gasteiger partial charge in [-0.25, -0.2) is 4.79 Å². The minimum absolute atomic E-state index is 0.327. The van der Waals surface area contributed by atoms with Gasteiger partial charge in [0.25, 0.3) is 0 Å². The standard InChI is InChI=1S/C18H21NO3/c1-14-7-9-17(10-8-14)22-12-4-11-19-16-6-3-5-15(13-16)18(20)21-2/h3,5-10,13,19H,4,11-12H2,1-2H3. The van der Waals surface area contributed by atoms with Gasteiger partial charge < -0.3 is 14.8 Å². The van der Waals surface area contributed by atoms with Crippen LogP contribution in [-0.2, 0) is 4.74 Å². The highest BCUT2D eigenvalue weighted by Gasteiger charge is 2.05. The van der Waals surface area contributed by atoms with Gasteiger partial charge in [0.1, 0.15) is 5.75 Å². The fraction of sp³-hybridized carbons (Fsp3) is 0.278. The van der Waals surface area contributed by atoms with Crippen molar-refractivity contribution < 1.29 is 14.3 Å². The van der Waals surface area contributed by atoms with Gasteiger partial charge in [-0.1, -0.05) is 23.8 Å². The molecule has 2 rings (SSSR count). The van der Waals surface area contributed by atoms with Crippen LogP contribution >= 0.6 is 0 Å². The number of carbonyl (C=O) groups is 1. The summed E-state index contributed by atoms with van der Waals surface area (Å²) in [5.74, 6) is 0.560. The fourth-order valence-electron chi connectivity index (χ4n) is 2.00. The molecule has 4 heteroatoms. The smallest absolute Gasteiger partial charge is 0.337 e. The summed E-state index contributed by atoms with van der Waals surface area (Å²) in [6, 6.07) is 15.3.